The average Bonchev–Trinajstić information content (AvgIpc) is 3.52. The van der Waals surface area contributed by atoms with Gasteiger partial charge in [0.25, 0.3) is 5.91 Å². The van der Waals surface area contributed by atoms with E-state index in [0.29, 0.717) is 43.0 Å². The Balaban J connectivity index is 1.68. The minimum absolute atomic E-state index is 0.106. The van der Waals surface area contributed by atoms with E-state index in [2.05, 4.69) is 10.3 Å². The van der Waals surface area contributed by atoms with E-state index in [1.807, 2.05) is 4.90 Å². The van der Waals surface area contributed by atoms with Crippen LogP contribution in [0.15, 0.2) is 36.4 Å². The molecule has 4 rings (SSSR count). The van der Waals surface area contributed by atoms with Gasteiger partial charge in [-0.1, -0.05) is 12.1 Å². The molecule has 1 aliphatic heterocycles. The van der Waals surface area contributed by atoms with E-state index in [1.54, 1.807) is 18.2 Å². The molecule has 170 valence electrons. The van der Waals surface area contributed by atoms with Crippen molar-refractivity contribution in [2.75, 3.05) is 23.3 Å². The first-order valence-electron chi connectivity index (χ1n) is 10.5. The van der Waals surface area contributed by atoms with Crippen LogP contribution in [0, 0.1) is 5.41 Å². The molecule has 9 heteroatoms. The number of hydrogen-bond acceptors (Lipinski definition) is 5. The highest BCUT2D eigenvalue weighted by atomic mass is 19.4. The molecule has 0 bridgehead atoms. The van der Waals surface area contributed by atoms with Crippen molar-refractivity contribution in [3.8, 4) is 0 Å². The molecule has 2 aromatic rings. The Labute approximate surface area is 183 Å². The smallest absolute Gasteiger partial charge is 0.375 e. The summed E-state index contributed by atoms with van der Waals surface area (Å²) >= 11 is 0. The normalized spacial score (nSPS) is 19.3. The standard InChI is InChI=1S/C23H24F3N3O3/c1-21(32,23(24,25)26)18-6-5-17(20(31)27-16-4-2-3-15(13-16)14-30)19(28-18)29-11-9-22(7-8-22)10-12-29/h2-6,13-14,32H,7-12H2,1H3,(H,27,31). The van der Waals surface area contributed by atoms with Crippen LogP contribution in [0.1, 0.15) is 59.0 Å². The number of amides is 1. The fourth-order valence-corrected chi connectivity index (χ4v) is 4.04. The first-order chi connectivity index (χ1) is 15.0. The van der Waals surface area contributed by atoms with Gasteiger partial charge in [-0.2, -0.15) is 13.2 Å². The van der Waals surface area contributed by atoms with Gasteiger partial charge < -0.3 is 15.3 Å². The van der Waals surface area contributed by atoms with Crippen LogP contribution in [0.25, 0.3) is 0 Å². The summed E-state index contributed by atoms with van der Waals surface area (Å²) in [6.07, 6.45) is -0.197. The molecule has 0 radical (unpaired) electrons. The van der Waals surface area contributed by atoms with Gasteiger partial charge in [0, 0.05) is 24.3 Å². The van der Waals surface area contributed by atoms with Crippen molar-refractivity contribution in [3.63, 3.8) is 0 Å². The van der Waals surface area contributed by atoms with Gasteiger partial charge in [0.15, 0.2) is 5.60 Å². The SMILES string of the molecule is CC(O)(c1ccc(C(=O)Nc2cccc(C=O)c2)c(N2CCC3(CC2)CC3)n1)C(F)(F)F. The highest BCUT2D eigenvalue weighted by molar-refractivity contribution is 6.07. The second kappa shape index (κ2) is 7.88. The molecular weight excluding hydrogens is 423 g/mol. The topological polar surface area (TPSA) is 82.5 Å². The van der Waals surface area contributed by atoms with Crippen LogP contribution in [0.3, 0.4) is 0 Å². The first-order valence-corrected chi connectivity index (χ1v) is 10.5. The molecule has 1 saturated heterocycles. The number of anilines is 2. The van der Waals surface area contributed by atoms with Gasteiger partial charge in [-0.3, -0.25) is 9.59 Å². The lowest BCUT2D eigenvalue weighted by Gasteiger charge is -2.35. The van der Waals surface area contributed by atoms with E-state index in [9.17, 15) is 27.9 Å². The predicted octanol–water partition coefficient (Wildman–Crippen LogP) is 4.30. The third kappa shape index (κ3) is 4.21. The maximum Gasteiger partial charge on any atom is 0.422 e. The molecule has 1 saturated carbocycles. The van der Waals surface area contributed by atoms with E-state index in [4.69, 9.17) is 0 Å². The van der Waals surface area contributed by atoms with Gasteiger partial charge in [0.2, 0.25) is 0 Å². The second-order valence-corrected chi connectivity index (χ2v) is 8.82. The van der Waals surface area contributed by atoms with Crippen LogP contribution in [-0.4, -0.2) is 41.5 Å². The first kappa shape index (κ1) is 22.3. The number of benzene rings is 1. The molecule has 1 spiro atoms. The lowest BCUT2D eigenvalue weighted by Crippen LogP contribution is -2.41. The Morgan fingerprint density at radius 2 is 1.84 bits per heavy atom. The molecule has 1 aliphatic carbocycles. The summed E-state index contributed by atoms with van der Waals surface area (Å²) in [4.78, 5) is 30.0. The minimum atomic E-state index is -4.92. The van der Waals surface area contributed by atoms with E-state index in [1.165, 1.54) is 12.1 Å². The fourth-order valence-electron chi connectivity index (χ4n) is 4.04. The number of rotatable bonds is 5. The highest BCUT2D eigenvalue weighted by Crippen LogP contribution is 2.54. The third-order valence-electron chi connectivity index (χ3n) is 6.53. The zero-order chi connectivity index (χ0) is 23.1. The van der Waals surface area contributed by atoms with Crippen LogP contribution in [0.5, 0.6) is 0 Å². The molecular formula is C23H24F3N3O3. The highest BCUT2D eigenvalue weighted by Gasteiger charge is 2.53. The number of carbonyl (C=O) groups excluding carboxylic acids is 2. The molecule has 1 aromatic carbocycles. The van der Waals surface area contributed by atoms with Crippen molar-refractivity contribution in [2.45, 2.75) is 44.4 Å². The molecule has 1 amide bonds. The van der Waals surface area contributed by atoms with E-state index >= 15 is 0 Å². The quantitative estimate of drug-likeness (QED) is 0.668. The Bertz CT molecular complexity index is 1040. The van der Waals surface area contributed by atoms with Gasteiger partial charge in [-0.25, -0.2) is 4.98 Å². The summed E-state index contributed by atoms with van der Waals surface area (Å²) in [5.74, 6) is -0.438. The number of aromatic nitrogens is 1. The molecule has 1 atom stereocenters. The van der Waals surface area contributed by atoms with Gasteiger partial charge in [0.05, 0.1) is 11.3 Å². The summed E-state index contributed by atoms with van der Waals surface area (Å²) in [6.45, 7) is 1.80. The number of nitrogens with one attached hydrogen (secondary N) is 1. The lowest BCUT2D eigenvalue weighted by molar-refractivity contribution is -0.260. The van der Waals surface area contributed by atoms with Crippen molar-refractivity contribution in [1.29, 1.82) is 0 Å². The van der Waals surface area contributed by atoms with Gasteiger partial charge in [-0.15, -0.1) is 0 Å². The molecule has 2 N–H and O–H groups in total. The third-order valence-corrected chi connectivity index (χ3v) is 6.53. The van der Waals surface area contributed by atoms with E-state index in [0.717, 1.165) is 31.7 Å². The molecule has 2 fully saturated rings. The summed E-state index contributed by atoms with van der Waals surface area (Å²) in [6, 6.07) is 8.60. The number of piperidine rings is 1. The Kier molecular flexibility index (Phi) is 5.48. The largest absolute Gasteiger partial charge is 0.422 e. The van der Waals surface area contributed by atoms with Crippen LogP contribution in [0.2, 0.25) is 0 Å². The van der Waals surface area contributed by atoms with E-state index < -0.39 is 23.4 Å². The zero-order valence-electron chi connectivity index (χ0n) is 17.6. The van der Waals surface area contributed by atoms with Gasteiger partial charge >= 0.3 is 6.18 Å². The van der Waals surface area contributed by atoms with Crippen molar-refractivity contribution in [1.82, 2.24) is 4.98 Å². The van der Waals surface area contributed by atoms with Crippen LogP contribution in [-0.2, 0) is 5.60 Å². The summed E-state index contributed by atoms with van der Waals surface area (Å²) in [5, 5.41) is 12.8. The second-order valence-electron chi connectivity index (χ2n) is 8.82. The maximum atomic E-state index is 13.4. The Morgan fingerprint density at radius 3 is 2.44 bits per heavy atom. The van der Waals surface area contributed by atoms with Crippen molar-refractivity contribution < 1.29 is 27.9 Å². The number of aldehydes is 1. The number of hydrogen-bond donors (Lipinski definition) is 2. The number of carbonyl (C=O) groups is 2. The minimum Gasteiger partial charge on any atom is -0.375 e. The summed E-state index contributed by atoms with van der Waals surface area (Å²) < 4.78 is 40.2. The van der Waals surface area contributed by atoms with Crippen molar-refractivity contribution in [2.24, 2.45) is 5.41 Å². The van der Waals surface area contributed by atoms with Gasteiger partial charge in [0.1, 0.15) is 12.1 Å². The molecule has 1 unspecified atom stereocenters. The maximum absolute atomic E-state index is 13.4. The van der Waals surface area contributed by atoms with E-state index in [-0.39, 0.29) is 11.4 Å². The van der Waals surface area contributed by atoms with Crippen LogP contribution < -0.4 is 10.2 Å². The lowest BCUT2D eigenvalue weighted by atomic mass is 9.93. The fraction of sp³-hybridized carbons (Fsp3) is 0.435. The summed E-state index contributed by atoms with van der Waals surface area (Å²) in [5.41, 5.74) is -2.52. The molecule has 32 heavy (non-hydrogen) atoms. The average molecular weight is 447 g/mol. The molecule has 6 nitrogen and oxygen atoms in total. The number of halogens is 3. The van der Waals surface area contributed by atoms with Crippen LogP contribution >= 0.6 is 0 Å². The predicted molar refractivity (Wildman–Crippen MR) is 113 cm³/mol. The van der Waals surface area contributed by atoms with Crippen LogP contribution in [0.4, 0.5) is 24.7 Å². The monoisotopic (exact) mass is 447 g/mol. The number of pyridine rings is 1. The number of alkyl halides is 3. The Morgan fingerprint density at radius 1 is 1.16 bits per heavy atom. The molecule has 2 aliphatic rings. The number of nitrogens with zero attached hydrogens (tertiary/aromatic N) is 2. The molecule has 2 heterocycles. The zero-order valence-corrected chi connectivity index (χ0v) is 17.6. The molecule has 1 aromatic heterocycles. The van der Waals surface area contributed by atoms with Gasteiger partial charge in [-0.05, 0) is 62.3 Å². The number of aliphatic hydroxyl groups is 1. The summed E-state index contributed by atoms with van der Waals surface area (Å²) in [7, 11) is 0. The van der Waals surface area contributed by atoms with Crippen molar-refractivity contribution in [3.05, 3.63) is 53.2 Å². The Hall–Kier alpha value is -2.94. The van der Waals surface area contributed by atoms with Crippen molar-refractivity contribution >= 4 is 23.7 Å².